The summed E-state index contributed by atoms with van der Waals surface area (Å²) in [6.45, 7) is 3.46. The smallest absolute Gasteiger partial charge is 0.248 e. The van der Waals surface area contributed by atoms with Crippen molar-refractivity contribution in [3.63, 3.8) is 0 Å². The lowest BCUT2D eigenvalue weighted by Gasteiger charge is -2.06. The highest BCUT2D eigenvalue weighted by molar-refractivity contribution is 6.01. The number of hydrogen-bond donors (Lipinski definition) is 1. The highest BCUT2D eigenvalue weighted by Gasteiger charge is 2.05. The Morgan fingerprint density at radius 1 is 1.04 bits per heavy atom. The first kappa shape index (κ1) is 17.7. The van der Waals surface area contributed by atoms with Crippen LogP contribution in [0.3, 0.4) is 0 Å². The van der Waals surface area contributed by atoms with E-state index >= 15 is 0 Å². The summed E-state index contributed by atoms with van der Waals surface area (Å²) in [7, 11) is 0. The van der Waals surface area contributed by atoms with Crippen molar-refractivity contribution in [1.82, 2.24) is 19.6 Å². The number of aromatic nitrogens is 4. The zero-order valence-corrected chi connectivity index (χ0v) is 15.6. The minimum absolute atomic E-state index is 0.200. The van der Waals surface area contributed by atoms with Gasteiger partial charge in [-0.15, -0.1) is 0 Å². The van der Waals surface area contributed by atoms with Crippen LogP contribution in [0.4, 0.5) is 5.69 Å². The number of nitrogens with one attached hydrogen (secondary N) is 1. The van der Waals surface area contributed by atoms with Crippen LogP contribution in [-0.4, -0.2) is 25.5 Å². The lowest BCUT2D eigenvalue weighted by Crippen LogP contribution is -2.07. The molecule has 1 amide bonds. The molecule has 6 heteroatoms. The van der Waals surface area contributed by atoms with Crippen LogP contribution in [0, 0.1) is 0 Å². The number of amides is 1. The van der Waals surface area contributed by atoms with Gasteiger partial charge in [-0.25, -0.2) is 0 Å². The van der Waals surface area contributed by atoms with Gasteiger partial charge in [0.25, 0.3) is 0 Å². The van der Waals surface area contributed by atoms with Gasteiger partial charge in [0.1, 0.15) is 0 Å². The van der Waals surface area contributed by atoms with E-state index in [9.17, 15) is 4.79 Å². The van der Waals surface area contributed by atoms with Gasteiger partial charge >= 0.3 is 0 Å². The number of carbonyl (C=O) groups is 1. The van der Waals surface area contributed by atoms with E-state index in [0.717, 1.165) is 12.1 Å². The van der Waals surface area contributed by atoms with Crippen LogP contribution in [-0.2, 0) is 17.9 Å². The van der Waals surface area contributed by atoms with E-state index < -0.39 is 0 Å². The summed E-state index contributed by atoms with van der Waals surface area (Å²) >= 11 is 0. The summed E-state index contributed by atoms with van der Waals surface area (Å²) in [5.74, 6) is -0.200. The van der Waals surface area contributed by atoms with E-state index in [0.29, 0.717) is 12.2 Å². The number of nitrogens with zero attached hydrogens (tertiary/aromatic N) is 4. The van der Waals surface area contributed by atoms with E-state index in [2.05, 4.69) is 45.8 Å². The van der Waals surface area contributed by atoms with Gasteiger partial charge in [0.2, 0.25) is 5.91 Å². The second-order valence-corrected chi connectivity index (χ2v) is 6.52. The maximum atomic E-state index is 12.1. The predicted octanol–water partition coefficient (Wildman–Crippen LogP) is 3.95. The first-order valence-corrected chi connectivity index (χ1v) is 9.22. The van der Waals surface area contributed by atoms with Crippen molar-refractivity contribution >= 4 is 28.4 Å². The molecular weight excluding hydrogens is 350 g/mol. The molecule has 0 aliphatic rings. The Balaban J connectivity index is 1.42. The largest absolute Gasteiger partial charge is 0.320 e. The van der Waals surface area contributed by atoms with Gasteiger partial charge in [-0.2, -0.15) is 10.2 Å². The lowest BCUT2D eigenvalue weighted by atomic mass is 10.0. The van der Waals surface area contributed by atoms with Crippen LogP contribution in [0.2, 0.25) is 0 Å². The highest BCUT2D eigenvalue weighted by Crippen LogP contribution is 2.19. The van der Waals surface area contributed by atoms with Gasteiger partial charge in [0.05, 0.1) is 24.6 Å². The molecule has 140 valence electrons. The minimum Gasteiger partial charge on any atom is -0.320 e. The molecule has 4 rings (SSSR count). The summed E-state index contributed by atoms with van der Waals surface area (Å²) in [6, 6.07) is 14.5. The minimum atomic E-state index is -0.200. The molecule has 2 aromatic heterocycles. The number of fused-ring (bicyclic) bond motifs is 1. The highest BCUT2D eigenvalue weighted by atomic mass is 16.1. The molecule has 0 radical (unpaired) electrons. The van der Waals surface area contributed by atoms with E-state index in [1.807, 2.05) is 40.8 Å². The number of hydrogen-bond acceptors (Lipinski definition) is 3. The summed E-state index contributed by atoms with van der Waals surface area (Å²) in [5, 5.41) is 13.8. The first-order chi connectivity index (χ1) is 13.7. The molecule has 0 saturated carbocycles. The van der Waals surface area contributed by atoms with Gasteiger partial charge in [0, 0.05) is 30.6 Å². The quantitative estimate of drug-likeness (QED) is 0.522. The average Bonchev–Trinajstić information content (AvgIpc) is 3.36. The van der Waals surface area contributed by atoms with Crippen molar-refractivity contribution in [3.8, 4) is 0 Å². The zero-order valence-electron chi connectivity index (χ0n) is 15.6. The maximum Gasteiger partial charge on any atom is 0.248 e. The second kappa shape index (κ2) is 7.92. The predicted molar refractivity (Wildman–Crippen MR) is 111 cm³/mol. The molecule has 0 aliphatic heterocycles. The molecule has 0 spiro atoms. The molecule has 0 aliphatic carbocycles. The normalized spacial score (nSPS) is 11.3. The van der Waals surface area contributed by atoms with Gasteiger partial charge < -0.3 is 5.32 Å². The van der Waals surface area contributed by atoms with Crippen LogP contribution in [0.1, 0.15) is 18.1 Å². The standard InChI is InChI=1S/C22H21N5O/c1-2-26-14-17(12-23-26)10-11-22(28)25-20-13-24-27(16-20)15-19-8-5-7-18-6-3-4-9-21(18)19/h3-14,16H,2,15H2,1H3,(H,25,28)/b11-10+. The Morgan fingerprint density at radius 2 is 1.86 bits per heavy atom. The fourth-order valence-corrected chi connectivity index (χ4v) is 3.11. The van der Waals surface area contributed by atoms with Crippen LogP contribution < -0.4 is 5.32 Å². The Labute approximate surface area is 163 Å². The Bertz CT molecular complexity index is 1130. The van der Waals surface area contributed by atoms with Crippen molar-refractivity contribution < 1.29 is 4.79 Å². The zero-order chi connectivity index (χ0) is 19.3. The third kappa shape index (κ3) is 4.01. The molecule has 2 heterocycles. The molecule has 6 nitrogen and oxygen atoms in total. The summed E-state index contributed by atoms with van der Waals surface area (Å²) in [5.41, 5.74) is 2.75. The van der Waals surface area contributed by atoms with Gasteiger partial charge in [0.15, 0.2) is 0 Å². The molecule has 0 atom stereocenters. The van der Waals surface area contributed by atoms with Gasteiger partial charge in [-0.3, -0.25) is 14.2 Å². The van der Waals surface area contributed by atoms with Crippen LogP contribution in [0.5, 0.6) is 0 Å². The van der Waals surface area contributed by atoms with Crippen LogP contribution in [0.25, 0.3) is 16.8 Å². The topological polar surface area (TPSA) is 64.7 Å². The van der Waals surface area contributed by atoms with Crippen molar-refractivity contribution in [2.75, 3.05) is 5.32 Å². The molecule has 28 heavy (non-hydrogen) atoms. The number of benzene rings is 2. The molecular formula is C22H21N5O. The summed E-state index contributed by atoms with van der Waals surface area (Å²) < 4.78 is 3.64. The van der Waals surface area contributed by atoms with E-state index in [1.54, 1.807) is 18.5 Å². The number of carbonyl (C=O) groups excluding carboxylic acids is 1. The Morgan fingerprint density at radius 3 is 2.71 bits per heavy atom. The fraction of sp³-hybridized carbons (Fsp3) is 0.136. The molecule has 1 N–H and O–H groups in total. The van der Waals surface area contributed by atoms with Crippen LogP contribution >= 0.6 is 0 Å². The molecule has 0 unspecified atom stereocenters. The Kier molecular flexibility index (Phi) is 5.01. The Hall–Kier alpha value is -3.67. The number of aryl methyl sites for hydroxylation is 1. The average molecular weight is 371 g/mol. The summed E-state index contributed by atoms with van der Waals surface area (Å²) in [6.07, 6.45) is 10.4. The van der Waals surface area contributed by atoms with E-state index in [-0.39, 0.29) is 5.91 Å². The molecule has 0 fully saturated rings. The monoisotopic (exact) mass is 371 g/mol. The molecule has 4 aromatic rings. The maximum absolute atomic E-state index is 12.1. The van der Waals surface area contributed by atoms with Gasteiger partial charge in [-0.05, 0) is 29.3 Å². The summed E-state index contributed by atoms with van der Waals surface area (Å²) in [4.78, 5) is 12.1. The van der Waals surface area contributed by atoms with Gasteiger partial charge in [-0.1, -0.05) is 42.5 Å². The molecule has 2 aromatic carbocycles. The van der Waals surface area contributed by atoms with Crippen molar-refractivity contribution in [2.45, 2.75) is 20.0 Å². The third-order valence-corrected chi connectivity index (χ3v) is 4.52. The molecule has 0 saturated heterocycles. The van der Waals surface area contributed by atoms with E-state index in [4.69, 9.17) is 0 Å². The first-order valence-electron chi connectivity index (χ1n) is 9.22. The van der Waals surface area contributed by atoms with E-state index in [1.165, 1.54) is 22.4 Å². The number of anilines is 1. The lowest BCUT2D eigenvalue weighted by molar-refractivity contribution is -0.111. The number of rotatable bonds is 6. The van der Waals surface area contributed by atoms with Crippen molar-refractivity contribution in [2.24, 2.45) is 0 Å². The van der Waals surface area contributed by atoms with Crippen LogP contribution in [0.15, 0.2) is 73.3 Å². The fourth-order valence-electron chi connectivity index (χ4n) is 3.11. The second-order valence-electron chi connectivity index (χ2n) is 6.52. The third-order valence-electron chi connectivity index (χ3n) is 4.52. The SMILES string of the molecule is CCn1cc(/C=C/C(=O)Nc2cnn(Cc3cccc4ccccc34)c2)cn1. The van der Waals surface area contributed by atoms with Crippen molar-refractivity contribution in [3.05, 3.63) is 84.5 Å². The molecule has 0 bridgehead atoms. The van der Waals surface area contributed by atoms with Crippen molar-refractivity contribution in [1.29, 1.82) is 0 Å².